The molecule has 2 fully saturated rings. The van der Waals surface area contributed by atoms with E-state index in [0.717, 1.165) is 31.4 Å². The highest BCUT2D eigenvalue weighted by Crippen LogP contribution is 2.21. The molecule has 22 heavy (non-hydrogen) atoms. The molecule has 0 unspecified atom stereocenters. The van der Waals surface area contributed by atoms with Crippen LogP contribution in [0.25, 0.3) is 0 Å². The van der Waals surface area contributed by atoms with E-state index in [4.69, 9.17) is 0 Å². The van der Waals surface area contributed by atoms with Crippen LogP contribution in [-0.4, -0.2) is 31.9 Å². The van der Waals surface area contributed by atoms with E-state index in [-0.39, 0.29) is 0 Å². The number of benzene rings is 1. The fourth-order valence-electron chi connectivity index (χ4n) is 3.43. The van der Waals surface area contributed by atoms with Crippen LogP contribution >= 0.6 is 0 Å². The number of sulfonamides is 1. The van der Waals surface area contributed by atoms with E-state index < -0.39 is 10.0 Å². The average molecular weight is 322 g/mol. The molecule has 0 spiro atoms. The second kappa shape index (κ2) is 7.11. The molecule has 4 nitrogen and oxygen atoms in total. The van der Waals surface area contributed by atoms with Crippen molar-refractivity contribution in [1.29, 1.82) is 0 Å². The molecule has 1 N–H and O–H groups in total. The number of piperidine rings is 1. The molecule has 5 heteroatoms. The van der Waals surface area contributed by atoms with Gasteiger partial charge in [0.25, 0.3) is 0 Å². The van der Waals surface area contributed by atoms with Crippen molar-refractivity contribution < 1.29 is 8.42 Å². The van der Waals surface area contributed by atoms with Crippen LogP contribution in [0.3, 0.4) is 0 Å². The SMILES string of the molecule is O=S(=O)(c1ccc(CNC2CCCC2)cc1)N1CCCCC1. The highest BCUT2D eigenvalue weighted by Gasteiger charge is 2.25. The van der Waals surface area contributed by atoms with Crippen molar-refractivity contribution in [2.24, 2.45) is 0 Å². The van der Waals surface area contributed by atoms with Gasteiger partial charge in [-0.05, 0) is 43.4 Å². The third-order valence-electron chi connectivity index (χ3n) is 4.83. The van der Waals surface area contributed by atoms with Crippen LogP contribution in [0.5, 0.6) is 0 Å². The first-order chi connectivity index (χ1) is 10.7. The Morgan fingerprint density at radius 3 is 2.23 bits per heavy atom. The molecule has 0 atom stereocenters. The Bertz CT molecular complexity index is 571. The minimum atomic E-state index is -3.30. The summed E-state index contributed by atoms with van der Waals surface area (Å²) < 4.78 is 26.8. The van der Waals surface area contributed by atoms with Crippen LogP contribution in [0.15, 0.2) is 29.2 Å². The fraction of sp³-hybridized carbons (Fsp3) is 0.647. The van der Waals surface area contributed by atoms with Crippen molar-refractivity contribution in [3.8, 4) is 0 Å². The maximum atomic E-state index is 12.6. The molecule has 2 aliphatic rings. The molecular weight excluding hydrogens is 296 g/mol. The van der Waals surface area contributed by atoms with Gasteiger partial charge in [0.1, 0.15) is 0 Å². The van der Waals surface area contributed by atoms with Gasteiger partial charge in [-0.1, -0.05) is 31.4 Å². The number of nitrogens with zero attached hydrogens (tertiary/aromatic N) is 1. The molecule has 122 valence electrons. The monoisotopic (exact) mass is 322 g/mol. The summed E-state index contributed by atoms with van der Waals surface area (Å²) in [6, 6.07) is 8.04. The van der Waals surface area contributed by atoms with Gasteiger partial charge in [0, 0.05) is 25.7 Å². The summed E-state index contributed by atoms with van der Waals surface area (Å²) in [5, 5.41) is 3.56. The van der Waals surface area contributed by atoms with E-state index in [1.807, 2.05) is 12.1 Å². The Morgan fingerprint density at radius 2 is 1.59 bits per heavy atom. The Labute approximate surface area is 134 Å². The highest BCUT2D eigenvalue weighted by molar-refractivity contribution is 7.89. The number of nitrogens with one attached hydrogen (secondary N) is 1. The Morgan fingerprint density at radius 1 is 0.955 bits per heavy atom. The van der Waals surface area contributed by atoms with Gasteiger partial charge in [0.15, 0.2) is 0 Å². The van der Waals surface area contributed by atoms with E-state index >= 15 is 0 Å². The molecule has 3 rings (SSSR count). The van der Waals surface area contributed by atoms with Gasteiger partial charge in [0.05, 0.1) is 4.90 Å². The van der Waals surface area contributed by atoms with Gasteiger partial charge in [0.2, 0.25) is 10.0 Å². The summed E-state index contributed by atoms with van der Waals surface area (Å²) in [7, 11) is -3.30. The van der Waals surface area contributed by atoms with Crippen molar-refractivity contribution in [1.82, 2.24) is 9.62 Å². The van der Waals surface area contributed by atoms with Crippen molar-refractivity contribution >= 4 is 10.0 Å². The van der Waals surface area contributed by atoms with Crippen molar-refractivity contribution in [3.05, 3.63) is 29.8 Å². The van der Waals surface area contributed by atoms with Crippen molar-refractivity contribution in [2.75, 3.05) is 13.1 Å². The van der Waals surface area contributed by atoms with Crippen LogP contribution in [0.2, 0.25) is 0 Å². The standard InChI is InChI=1S/C17H26N2O2S/c20-22(21,19-12-4-1-5-13-19)17-10-8-15(9-11-17)14-18-16-6-2-3-7-16/h8-11,16,18H,1-7,12-14H2. The van der Waals surface area contributed by atoms with Crippen LogP contribution in [0.4, 0.5) is 0 Å². The predicted molar refractivity (Wildman–Crippen MR) is 88.1 cm³/mol. The lowest BCUT2D eigenvalue weighted by molar-refractivity contribution is 0.346. The minimum absolute atomic E-state index is 0.430. The first-order valence-corrected chi connectivity index (χ1v) is 9.93. The number of rotatable bonds is 5. The molecule has 1 heterocycles. The maximum absolute atomic E-state index is 12.6. The Kier molecular flexibility index (Phi) is 5.16. The molecule has 0 amide bonds. The molecule has 1 aliphatic carbocycles. The normalized spacial score (nSPS) is 21.3. The van der Waals surface area contributed by atoms with Crippen molar-refractivity contribution in [3.63, 3.8) is 0 Å². The largest absolute Gasteiger partial charge is 0.310 e. The van der Waals surface area contributed by atoms with Crippen LogP contribution < -0.4 is 5.32 Å². The third kappa shape index (κ3) is 3.70. The first kappa shape index (κ1) is 16.0. The molecule has 0 aromatic heterocycles. The summed E-state index contributed by atoms with van der Waals surface area (Å²) in [5.41, 5.74) is 1.16. The second-order valence-electron chi connectivity index (χ2n) is 6.47. The summed E-state index contributed by atoms with van der Waals surface area (Å²) in [4.78, 5) is 0.430. The van der Waals surface area contributed by atoms with Gasteiger partial charge < -0.3 is 5.32 Å². The lowest BCUT2D eigenvalue weighted by Gasteiger charge is -2.25. The summed E-state index contributed by atoms with van der Waals surface area (Å²) in [6.45, 7) is 2.15. The molecule has 0 radical (unpaired) electrons. The zero-order valence-electron chi connectivity index (χ0n) is 13.1. The van der Waals surface area contributed by atoms with Gasteiger partial charge in [-0.25, -0.2) is 8.42 Å². The third-order valence-corrected chi connectivity index (χ3v) is 6.74. The van der Waals surface area contributed by atoms with Crippen molar-refractivity contribution in [2.45, 2.75) is 62.4 Å². The lowest BCUT2D eigenvalue weighted by atomic mass is 10.2. The van der Waals surface area contributed by atoms with E-state index in [1.54, 1.807) is 16.4 Å². The quantitative estimate of drug-likeness (QED) is 0.907. The molecule has 1 aromatic carbocycles. The first-order valence-electron chi connectivity index (χ1n) is 8.49. The zero-order valence-corrected chi connectivity index (χ0v) is 13.9. The van der Waals surface area contributed by atoms with Crippen LogP contribution in [0, 0.1) is 0 Å². The molecule has 1 saturated heterocycles. The Hall–Kier alpha value is -0.910. The smallest absolute Gasteiger partial charge is 0.243 e. The van der Waals surface area contributed by atoms with Gasteiger partial charge in [-0.2, -0.15) is 4.31 Å². The second-order valence-corrected chi connectivity index (χ2v) is 8.41. The lowest BCUT2D eigenvalue weighted by Crippen LogP contribution is -2.35. The number of hydrogen-bond donors (Lipinski definition) is 1. The molecule has 1 aliphatic heterocycles. The average Bonchev–Trinajstić information content (AvgIpc) is 3.08. The Balaban J connectivity index is 1.62. The van der Waals surface area contributed by atoms with E-state index in [1.165, 1.54) is 25.7 Å². The van der Waals surface area contributed by atoms with Gasteiger partial charge >= 0.3 is 0 Å². The molecule has 0 bridgehead atoms. The molecule has 1 aromatic rings. The predicted octanol–water partition coefficient (Wildman–Crippen LogP) is 2.89. The van der Waals surface area contributed by atoms with Crippen LogP contribution in [0.1, 0.15) is 50.5 Å². The maximum Gasteiger partial charge on any atom is 0.243 e. The van der Waals surface area contributed by atoms with Gasteiger partial charge in [-0.15, -0.1) is 0 Å². The summed E-state index contributed by atoms with van der Waals surface area (Å²) >= 11 is 0. The van der Waals surface area contributed by atoms with Crippen LogP contribution in [-0.2, 0) is 16.6 Å². The van der Waals surface area contributed by atoms with E-state index in [0.29, 0.717) is 24.0 Å². The minimum Gasteiger partial charge on any atom is -0.310 e. The topological polar surface area (TPSA) is 49.4 Å². The van der Waals surface area contributed by atoms with Gasteiger partial charge in [-0.3, -0.25) is 0 Å². The summed E-state index contributed by atoms with van der Waals surface area (Å²) in [6.07, 6.45) is 8.27. The highest BCUT2D eigenvalue weighted by atomic mass is 32.2. The van der Waals surface area contributed by atoms with E-state index in [9.17, 15) is 8.42 Å². The number of hydrogen-bond acceptors (Lipinski definition) is 3. The summed E-state index contributed by atoms with van der Waals surface area (Å²) in [5.74, 6) is 0. The fourth-order valence-corrected chi connectivity index (χ4v) is 4.94. The zero-order chi connectivity index (χ0) is 15.4. The van der Waals surface area contributed by atoms with E-state index in [2.05, 4.69) is 5.32 Å². The molecular formula is C17H26N2O2S. The molecule has 1 saturated carbocycles.